The van der Waals surface area contributed by atoms with E-state index in [2.05, 4.69) is 10.2 Å². The van der Waals surface area contributed by atoms with Crippen molar-refractivity contribution in [2.24, 2.45) is 0 Å². The van der Waals surface area contributed by atoms with Crippen LogP contribution in [0.5, 0.6) is 0 Å². The highest BCUT2D eigenvalue weighted by molar-refractivity contribution is 7.54. The van der Waals surface area contributed by atoms with Gasteiger partial charge >= 0.3 is 19.6 Å². The quantitative estimate of drug-likeness (QED) is 0.441. The van der Waals surface area contributed by atoms with Gasteiger partial charge in [0.05, 0.1) is 19.8 Å². The molecule has 0 aliphatic heterocycles. The summed E-state index contributed by atoms with van der Waals surface area (Å²) in [5.74, 6) is -1.14. The highest BCUT2D eigenvalue weighted by atomic mass is 31.2. The maximum Gasteiger partial charge on any atom is 0.342 e. The summed E-state index contributed by atoms with van der Waals surface area (Å²) in [6.45, 7) is 6.80. The van der Waals surface area contributed by atoms with E-state index in [1.807, 2.05) is 30.3 Å². The number of carbonyl (C=O) groups is 2. The fourth-order valence-corrected chi connectivity index (χ4v) is 3.79. The Labute approximate surface area is 154 Å². The normalized spacial score (nSPS) is 15.5. The SMILES string of the molecule is CCOC(=O)C(C)NP(=O)(NC(C)C(=O)OCC)OCc1ccccc1. The highest BCUT2D eigenvalue weighted by Gasteiger charge is 2.33. The Hall–Kier alpha value is -1.73. The zero-order valence-corrected chi connectivity index (χ0v) is 16.5. The molecule has 2 atom stereocenters. The Morgan fingerprint density at radius 3 is 1.85 bits per heavy atom. The molecule has 0 radical (unpaired) electrons. The zero-order chi connectivity index (χ0) is 19.6. The standard InChI is InChI=1S/C17H27N2O6P/c1-5-23-16(20)13(3)18-26(22,19-14(4)17(21)24-6-2)25-12-15-10-8-7-9-11-15/h7-11,13-14H,5-6,12H2,1-4H3,(H2,18,19,22). The minimum Gasteiger partial charge on any atom is -0.465 e. The number of hydrogen-bond acceptors (Lipinski definition) is 6. The van der Waals surface area contributed by atoms with Crippen LogP contribution in [0.4, 0.5) is 0 Å². The third kappa shape index (κ3) is 7.66. The van der Waals surface area contributed by atoms with Crippen LogP contribution < -0.4 is 10.2 Å². The molecule has 2 N–H and O–H groups in total. The van der Waals surface area contributed by atoms with Crippen molar-refractivity contribution in [3.05, 3.63) is 35.9 Å². The molecule has 2 unspecified atom stereocenters. The van der Waals surface area contributed by atoms with Crippen molar-refractivity contribution in [1.82, 2.24) is 10.2 Å². The van der Waals surface area contributed by atoms with Gasteiger partial charge in [-0.25, -0.2) is 10.2 Å². The molecule has 0 fully saturated rings. The molecule has 0 aliphatic carbocycles. The van der Waals surface area contributed by atoms with E-state index in [0.29, 0.717) is 0 Å². The molecular weight excluding hydrogens is 359 g/mol. The maximum absolute atomic E-state index is 13.2. The molecule has 0 aromatic heterocycles. The molecule has 1 aromatic rings. The van der Waals surface area contributed by atoms with Crippen molar-refractivity contribution < 1.29 is 28.2 Å². The van der Waals surface area contributed by atoms with Crippen molar-refractivity contribution in [3.8, 4) is 0 Å². The van der Waals surface area contributed by atoms with Crippen LogP contribution in [-0.2, 0) is 34.8 Å². The van der Waals surface area contributed by atoms with E-state index in [0.717, 1.165) is 5.56 Å². The van der Waals surface area contributed by atoms with E-state index >= 15 is 0 Å². The summed E-state index contributed by atoms with van der Waals surface area (Å²) in [5.41, 5.74) is 0.795. The summed E-state index contributed by atoms with van der Waals surface area (Å²) in [6, 6.07) is 7.35. The first kappa shape index (κ1) is 22.3. The smallest absolute Gasteiger partial charge is 0.342 e. The fourth-order valence-electron chi connectivity index (χ4n) is 2.00. The first-order chi connectivity index (χ1) is 12.3. The molecule has 0 saturated heterocycles. The van der Waals surface area contributed by atoms with Gasteiger partial charge in [0, 0.05) is 0 Å². The number of ether oxygens (including phenoxy) is 2. The second kappa shape index (κ2) is 11.1. The van der Waals surface area contributed by atoms with Crippen molar-refractivity contribution in [3.63, 3.8) is 0 Å². The molecule has 8 nitrogen and oxygen atoms in total. The summed E-state index contributed by atoms with van der Waals surface area (Å²) in [6.07, 6.45) is 0. The second-order valence-electron chi connectivity index (χ2n) is 5.52. The van der Waals surface area contributed by atoms with Crippen LogP contribution in [0.2, 0.25) is 0 Å². The van der Waals surface area contributed by atoms with Gasteiger partial charge in [-0.05, 0) is 33.3 Å². The van der Waals surface area contributed by atoms with Crippen molar-refractivity contribution in [2.75, 3.05) is 13.2 Å². The van der Waals surface area contributed by atoms with Gasteiger partial charge in [-0.2, -0.15) is 0 Å². The lowest BCUT2D eigenvalue weighted by molar-refractivity contribution is -0.145. The number of benzene rings is 1. The Bertz CT molecular complexity index is 595. The summed E-state index contributed by atoms with van der Waals surface area (Å²) in [5, 5.41) is 5.23. The van der Waals surface area contributed by atoms with E-state index in [1.165, 1.54) is 13.8 Å². The monoisotopic (exact) mass is 386 g/mol. The van der Waals surface area contributed by atoms with Gasteiger partial charge in [0.2, 0.25) is 0 Å². The van der Waals surface area contributed by atoms with E-state index in [9.17, 15) is 14.2 Å². The van der Waals surface area contributed by atoms with E-state index in [4.69, 9.17) is 14.0 Å². The highest BCUT2D eigenvalue weighted by Crippen LogP contribution is 2.40. The molecular formula is C17H27N2O6P. The third-order valence-corrected chi connectivity index (χ3v) is 5.21. The lowest BCUT2D eigenvalue weighted by Gasteiger charge is -2.25. The number of esters is 2. The molecule has 1 rings (SSSR count). The zero-order valence-electron chi connectivity index (χ0n) is 15.6. The largest absolute Gasteiger partial charge is 0.465 e. The van der Waals surface area contributed by atoms with E-state index in [1.54, 1.807) is 13.8 Å². The van der Waals surface area contributed by atoms with Crippen molar-refractivity contribution in [2.45, 2.75) is 46.4 Å². The van der Waals surface area contributed by atoms with Crippen molar-refractivity contribution in [1.29, 1.82) is 0 Å². The van der Waals surface area contributed by atoms with Crippen LogP contribution in [0.15, 0.2) is 30.3 Å². The van der Waals surface area contributed by atoms with Crippen LogP contribution in [-0.4, -0.2) is 37.2 Å². The van der Waals surface area contributed by atoms with Gasteiger partial charge < -0.3 is 14.0 Å². The lowest BCUT2D eigenvalue weighted by atomic mass is 10.2. The molecule has 0 heterocycles. The number of rotatable bonds is 11. The Morgan fingerprint density at radius 1 is 0.962 bits per heavy atom. The topological polar surface area (TPSA) is 103 Å². The Kier molecular flexibility index (Phi) is 9.51. The Balaban J connectivity index is 2.86. The molecule has 146 valence electrons. The summed E-state index contributed by atoms with van der Waals surface area (Å²) in [4.78, 5) is 23.7. The molecule has 0 aliphatic rings. The van der Waals surface area contributed by atoms with Gasteiger partial charge in [0.25, 0.3) is 0 Å². The van der Waals surface area contributed by atoms with Crippen molar-refractivity contribution >= 4 is 19.6 Å². The van der Waals surface area contributed by atoms with Crippen LogP contribution >= 0.6 is 7.67 Å². The predicted molar refractivity (Wildman–Crippen MR) is 97.3 cm³/mol. The van der Waals surface area contributed by atoms with Crippen LogP contribution in [0.1, 0.15) is 33.3 Å². The average molecular weight is 386 g/mol. The maximum atomic E-state index is 13.2. The third-order valence-electron chi connectivity index (χ3n) is 3.26. The number of hydrogen-bond donors (Lipinski definition) is 2. The average Bonchev–Trinajstić information content (AvgIpc) is 2.61. The fraction of sp³-hybridized carbons (Fsp3) is 0.529. The lowest BCUT2D eigenvalue weighted by Crippen LogP contribution is -2.42. The van der Waals surface area contributed by atoms with E-state index < -0.39 is 31.7 Å². The van der Waals surface area contributed by atoms with Gasteiger partial charge in [-0.3, -0.25) is 14.2 Å². The van der Waals surface area contributed by atoms with Crippen LogP contribution in [0.3, 0.4) is 0 Å². The number of nitrogens with one attached hydrogen (secondary N) is 2. The predicted octanol–water partition coefficient (Wildman–Crippen LogP) is 2.39. The van der Waals surface area contributed by atoms with Crippen LogP contribution in [0, 0.1) is 0 Å². The number of carbonyl (C=O) groups excluding carboxylic acids is 2. The molecule has 1 aromatic carbocycles. The summed E-state index contributed by atoms with van der Waals surface area (Å²) in [7, 11) is -3.75. The summed E-state index contributed by atoms with van der Waals surface area (Å²) >= 11 is 0. The molecule has 0 bridgehead atoms. The molecule has 0 saturated carbocycles. The Morgan fingerprint density at radius 2 is 1.42 bits per heavy atom. The molecule has 9 heteroatoms. The molecule has 26 heavy (non-hydrogen) atoms. The first-order valence-corrected chi connectivity index (χ1v) is 10.1. The second-order valence-corrected chi connectivity index (χ2v) is 7.39. The molecule has 0 amide bonds. The van der Waals surface area contributed by atoms with Gasteiger partial charge in [-0.15, -0.1) is 0 Å². The van der Waals surface area contributed by atoms with Crippen LogP contribution in [0.25, 0.3) is 0 Å². The summed E-state index contributed by atoms with van der Waals surface area (Å²) < 4.78 is 28.5. The molecule has 0 spiro atoms. The minimum absolute atomic E-state index is 0.0310. The van der Waals surface area contributed by atoms with E-state index in [-0.39, 0.29) is 19.8 Å². The van der Waals surface area contributed by atoms with Gasteiger partial charge in [-0.1, -0.05) is 30.3 Å². The van der Waals surface area contributed by atoms with Gasteiger partial charge in [0.15, 0.2) is 0 Å². The van der Waals surface area contributed by atoms with Gasteiger partial charge in [0.1, 0.15) is 12.1 Å². The first-order valence-electron chi connectivity index (χ1n) is 8.48. The minimum atomic E-state index is -3.75.